The molecule has 0 spiro atoms. The third-order valence-corrected chi connectivity index (χ3v) is 6.81. The maximum Gasteiger partial charge on any atom is 0.244 e. The Labute approximate surface area is 156 Å². The molecule has 1 heterocycles. The van der Waals surface area contributed by atoms with Crippen LogP contribution in [0.5, 0.6) is 0 Å². The Hall–Kier alpha value is -1.18. The van der Waals surface area contributed by atoms with Crippen LogP contribution in [0.4, 0.5) is 4.39 Å². The minimum atomic E-state index is -3.70. The Balaban J connectivity index is 1.69. The van der Waals surface area contributed by atoms with E-state index in [9.17, 15) is 12.8 Å². The maximum absolute atomic E-state index is 13.8. The monoisotopic (exact) mass is 402 g/mol. The second kappa shape index (κ2) is 7.60. The summed E-state index contributed by atoms with van der Waals surface area (Å²) in [6.45, 7) is 2.13. The van der Waals surface area contributed by atoms with Gasteiger partial charge in [-0.2, -0.15) is 4.31 Å². The summed E-state index contributed by atoms with van der Waals surface area (Å²) in [7, 11) is -3.70. The van der Waals surface area contributed by atoms with E-state index in [4.69, 9.17) is 23.2 Å². The summed E-state index contributed by atoms with van der Waals surface area (Å²) in [6, 6.07) is 11.0. The van der Waals surface area contributed by atoms with Gasteiger partial charge in [-0.15, -0.1) is 0 Å². The molecule has 4 nitrogen and oxygen atoms in total. The molecule has 0 saturated carbocycles. The van der Waals surface area contributed by atoms with Crippen molar-refractivity contribution in [1.29, 1.82) is 0 Å². The zero-order chi connectivity index (χ0) is 18.0. The first-order valence-corrected chi connectivity index (χ1v) is 9.98. The van der Waals surface area contributed by atoms with Gasteiger partial charge >= 0.3 is 0 Å². The molecule has 8 heteroatoms. The van der Waals surface area contributed by atoms with Crippen LogP contribution in [-0.2, 0) is 16.6 Å². The molecule has 0 atom stereocenters. The number of rotatable bonds is 4. The van der Waals surface area contributed by atoms with Gasteiger partial charge in [-0.05, 0) is 24.3 Å². The largest absolute Gasteiger partial charge is 0.296 e. The molecular weight excluding hydrogens is 386 g/mol. The molecule has 0 N–H and O–H groups in total. The Morgan fingerprint density at radius 3 is 2.36 bits per heavy atom. The average Bonchev–Trinajstić information content (AvgIpc) is 2.59. The Kier molecular flexibility index (Phi) is 5.65. The highest BCUT2D eigenvalue weighted by atomic mass is 35.5. The van der Waals surface area contributed by atoms with E-state index in [0.717, 1.165) is 0 Å². The predicted octanol–water partition coefficient (Wildman–Crippen LogP) is 3.64. The fourth-order valence-electron chi connectivity index (χ4n) is 2.81. The van der Waals surface area contributed by atoms with Gasteiger partial charge < -0.3 is 0 Å². The Morgan fingerprint density at radius 2 is 1.68 bits per heavy atom. The quantitative estimate of drug-likeness (QED) is 0.783. The lowest BCUT2D eigenvalue weighted by Gasteiger charge is -2.34. The molecule has 0 bridgehead atoms. The molecule has 2 aromatic rings. The molecule has 1 fully saturated rings. The molecule has 1 aliphatic heterocycles. The highest BCUT2D eigenvalue weighted by Crippen LogP contribution is 2.28. The first kappa shape index (κ1) is 18.6. The van der Waals surface area contributed by atoms with Crippen molar-refractivity contribution in [3.8, 4) is 0 Å². The minimum absolute atomic E-state index is 0.0178. The molecule has 1 saturated heterocycles. The first-order valence-electron chi connectivity index (χ1n) is 7.79. The van der Waals surface area contributed by atoms with Crippen LogP contribution in [-0.4, -0.2) is 43.8 Å². The third-order valence-electron chi connectivity index (χ3n) is 4.19. The third kappa shape index (κ3) is 4.15. The van der Waals surface area contributed by atoms with Gasteiger partial charge in [0.1, 0.15) is 10.7 Å². The van der Waals surface area contributed by atoms with Gasteiger partial charge in [0.15, 0.2) is 0 Å². The number of nitrogens with zero attached hydrogens (tertiary/aromatic N) is 2. The van der Waals surface area contributed by atoms with Crippen LogP contribution in [0.25, 0.3) is 0 Å². The average molecular weight is 403 g/mol. The van der Waals surface area contributed by atoms with Gasteiger partial charge in [-0.25, -0.2) is 12.8 Å². The lowest BCUT2D eigenvalue weighted by atomic mass is 10.2. The zero-order valence-corrected chi connectivity index (χ0v) is 15.7. The summed E-state index contributed by atoms with van der Waals surface area (Å²) in [5.41, 5.74) is 0.608. The highest BCUT2D eigenvalue weighted by molar-refractivity contribution is 7.89. The second-order valence-electron chi connectivity index (χ2n) is 5.85. The molecule has 2 aromatic carbocycles. The zero-order valence-electron chi connectivity index (χ0n) is 13.3. The van der Waals surface area contributed by atoms with Crippen molar-refractivity contribution < 1.29 is 12.8 Å². The van der Waals surface area contributed by atoms with E-state index < -0.39 is 10.0 Å². The van der Waals surface area contributed by atoms with Crippen molar-refractivity contribution in [2.24, 2.45) is 0 Å². The maximum atomic E-state index is 13.8. The van der Waals surface area contributed by atoms with Gasteiger partial charge in [-0.3, -0.25) is 4.90 Å². The lowest BCUT2D eigenvalue weighted by molar-refractivity contribution is 0.180. The molecule has 134 valence electrons. The SMILES string of the molecule is O=S(=O)(c1cc(Cl)ccc1Cl)N1CCN(Cc2ccccc2F)CC1. The van der Waals surface area contributed by atoms with Crippen LogP contribution in [0.2, 0.25) is 10.0 Å². The van der Waals surface area contributed by atoms with Crippen LogP contribution >= 0.6 is 23.2 Å². The molecule has 0 unspecified atom stereocenters. The smallest absolute Gasteiger partial charge is 0.244 e. The minimum Gasteiger partial charge on any atom is -0.296 e. The first-order chi connectivity index (χ1) is 11.9. The number of benzene rings is 2. The molecular formula is C17H17Cl2FN2O2S. The summed E-state index contributed by atoms with van der Waals surface area (Å²) in [4.78, 5) is 2.05. The van der Waals surface area contributed by atoms with Crippen molar-refractivity contribution in [2.45, 2.75) is 11.4 Å². The van der Waals surface area contributed by atoms with Crippen molar-refractivity contribution in [2.75, 3.05) is 26.2 Å². The van der Waals surface area contributed by atoms with Gasteiger partial charge in [0.25, 0.3) is 0 Å². The highest BCUT2D eigenvalue weighted by Gasteiger charge is 2.30. The summed E-state index contributed by atoms with van der Waals surface area (Å²) in [6.07, 6.45) is 0. The number of sulfonamides is 1. The van der Waals surface area contributed by atoms with Gasteiger partial charge in [0, 0.05) is 43.3 Å². The van der Waals surface area contributed by atoms with Crippen LogP contribution in [0.1, 0.15) is 5.56 Å². The fraction of sp³-hybridized carbons (Fsp3) is 0.294. The van der Waals surface area contributed by atoms with Crippen molar-refractivity contribution in [3.05, 3.63) is 63.9 Å². The molecule has 0 aliphatic carbocycles. The van der Waals surface area contributed by atoms with E-state index in [0.29, 0.717) is 43.3 Å². The summed E-state index contributed by atoms with van der Waals surface area (Å²) in [5.74, 6) is -0.247. The number of hydrogen-bond acceptors (Lipinski definition) is 3. The molecule has 0 aromatic heterocycles. The number of hydrogen-bond donors (Lipinski definition) is 0. The number of piperazine rings is 1. The van der Waals surface area contributed by atoms with Crippen LogP contribution in [0.3, 0.4) is 0 Å². The van der Waals surface area contributed by atoms with Crippen LogP contribution in [0.15, 0.2) is 47.4 Å². The van der Waals surface area contributed by atoms with E-state index in [1.165, 1.54) is 22.5 Å². The normalized spacial score (nSPS) is 16.9. The van der Waals surface area contributed by atoms with Crippen LogP contribution in [0, 0.1) is 5.82 Å². The predicted molar refractivity (Wildman–Crippen MR) is 96.9 cm³/mol. The molecule has 25 heavy (non-hydrogen) atoms. The van der Waals surface area contributed by atoms with E-state index in [-0.39, 0.29) is 15.7 Å². The fourth-order valence-corrected chi connectivity index (χ4v) is 4.97. The topological polar surface area (TPSA) is 40.6 Å². The van der Waals surface area contributed by atoms with E-state index in [1.807, 2.05) is 4.90 Å². The van der Waals surface area contributed by atoms with Crippen LogP contribution < -0.4 is 0 Å². The second-order valence-corrected chi connectivity index (χ2v) is 8.60. The van der Waals surface area contributed by atoms with Crippen molar-refractivity contribution in [1.82, 2.24) is 9.21 Å². The molecule has 3 rings (SSSR count). The van der Waals surface area contributed by atoms with Gasteiger partial charge in [0.05, 0.1) is 5.02 Å². The van der Waals surface area contributed by atoms with Gasteiger partial charge in [-0.1, -0.05) is 41.4 Å². The molecule has 0 amide bonds. The standard InChI is InChI=1S/C17H17Cl2FN2O2S/c18-14-5-6-15(19)17(11-14)25(23,24)22-9-7-21(8-10-22)12-13-3-1-2-4-16(13)20/h1-6,11H,7-10,12H2. The Bertz CT molecular complexity index is 869. The summed E-state index contributed by atoms with van der Waals surface area (Å²) in [5, 5.41) is 0.472. The summed E-state index contributed by atoms with van der Waals surface area (Å²) < 4.78 is 40.7. The summed E-state index contributed by atoms with van der Waals surface area (Å²) >= 11 is 11.9. The molecule has 0 radical (unpaired) electrons. The van der Waals surface area contributed by atoms with Gasteiger partial charge in [0.2, 0.25) is 10.0 Å². The van der Waals surface area contributed by atoms with E-state index in [1.54, 1.807) is 24.3 Å². The lowest BCUT2D eigenvalue weighted by Crippen LogP contribution is -2.48. The van der Waals surface area contributed by atoms with E-state index >= 15 is 0 Å². The Morgan fingerprint density at radius 1 is 1.00 bits per heavy atom. The van der Waals surface area contributed by atoms with Crippen molar-refractivity contribution >= 4 is 33.2 Å². The number of halogens is 3. The van der Waals surface area contributed by atoms with E-state index in [2.05, 4.69) is 0 Å². The van der Waals surface area contributed by atoms with Crippen molar-refractivity contribution in [3.63, 3.8) is 0 Å². The molecule has 1 aliphatic rings.